The SMILES string of the molecule is CCC1(CC)c2c(F)cc(F)cc2-c2c1c1c(c3cc(OC)c(OC)cc23)OC(c2ccccc2)(c2ccc(OC)cc2)C=C1. The summed E-state index contributed by atoms with van der Waals surface area (Å²) in [5.74, 6) is 1.29. The summed E-state index contributed by atoms with van der Waals surface area (Å²) in [7, 11) is 4.82. The van der Waals surface area contributed by atoms with E-state index < -0.39 is 22.7 Å². The van der Waals surface area contributed by atoms with Crippen LogP contribution in [0, 0.1) is 11.6 Å². The minimum atomic E-state index is -0.987. The molecule has 0 radical (unpaired) electrons. The van der Waals surface area contributed by atoms with Gasteiger partial charge in [-0.3, -0.25) is 0 Å². The van der Waals surface area contributed by atoms with Gasteiger partial charge in [0.25, 0.3) is 0 Å². The molecule has 0 saturated carbocycles. The van der Waals surface area contributed by atoms with Crippen molar-refractivity contribution in [1.29, 1.82) is 0 Å². The van der Waals surface area contributed by atoms with Crippen LogP contribution in [0.25, 0.3) is 28.0 Å². The number of ether oxygens (including phenoxy) is 4. The van der Waals surface area contributed by atoms with Gasteiger partial charge in [-0.25, -0.2) is 8.78 Å². The monoisotopic (exact) mass is 604 g/mol. The lowest BCUT2D eigenvalue weighted by Gasteiger charge is -2.39. The first-order chi connectivity index (χ1) is 21.8. The third-order valence-electron chi connectivity index (χ3n) is 9.76. The first kappa shape index (κ1) is 28.9. The highest BCUT2D eigenvalue weighted by Gasteiger charge is 2.48. The molecule has 1 atom stereocenters. The average molecular weight is 605 g/mol. The molecule has 0 aromatic heterocycles. The third-order valence-corrected chi connectivity index (χ3v) is 9.76. The van der Waals surface area contributed by atoms with E-state index in [9.17, 15) is 4.39 Å². The summed E-state index contributed by atoms with van der Waals surface area (Å²) in [5.41, 5.74) is 3.85. The first-order valence-corrected chi connectivity index (χ1v) is 15.2. The minimum Gasteiger partial charge on any atom is -0.497 e. The summed E-state index contributed by atoms with van der Waals surface area (Å²) in [6.45, 7) is 4.13. The predicted octanol–water partition coefficient (Wildman–Crippen LogP) is 9.58. The molecule has 0 fully saturated rings. The van der Waals surface area contributed by atoms with Gasteiger partial charge in [-0.2, -0.15) is 0 Å². The second-order valence-electron chi connectivity index (χ2n) is 11.6. The normalized spacial score (nSPS) is 17.3. The Hall–Kier alpha value is -4.84. The van der Waals surface area contributed by atoms with Crippen LogP contribution in [0.2, 0.25) is 0 Å². The van der Waals surface area contributed by atoms with E-state index in [2.05, 4.69) is 38.1 Å². The summed E-state index contributed by atoms with van der Waals surface area (Å²) in [4.78, 5) is 0. The minimum absolute atomic E-state index is 0.520. The molecular weight excluding hydrogens is 570 g/mol. The molecule has 0 bridgehead atoms. The molecule has 0 N–H and O–H groups in total. The van der Waals surface area contributed by atoms with Crippen molar-refractivity contribution < 1.29 is 27.7 Å². The molecule has 0 amide bonds. The molecular formula is C39H34F2O4. The van der Waals surface area contributed by atoms with Gasteiger partial charge < -0.3 is 18.9 Å². The number of halogens is 2. The quantitative estimate of drug-likeness (QED) is 0.185. The van der Waals surface area contributed by atoms with Crippen molar-refractivity contribution in [3.05, 3.63) is 124 Å². The number of benzene rings is 5. The maximum Gasteiger partial charge on any atom is 0.178 e. The fraction of sp³-hybridized carbons (Fsp3) is 0.231. The van der Waals surface area contributed by atoms with E-state index in [-0.39, 0.29) is 0 Å². The molecule has 0 saturated heterocycles. The molecule has 228 valence electrons. The van der Waals surface area contributed by atoms with Crippen LogP contribution in [0.15, 0.2) is 84.9 Å². The van der Waals surface area contributed by atoms with E-state index in [1.165, 1.54) is 6.07 Å². The molecule has 5 aromatic carbocycles. The van der Waals surface area contributed by atoms with E-state index in [0.29, 0.717) is 41.2 Å². The highest BCUT2D eigenvalue weighted by molar-refractivity contribution is 6.09. The number of hydrogen-bond acceptors (Lipinski definition) is 4. The molecule has 5 aromatic rings. The van der Waals surface area contributed by atoms with Crippen molar-refractivity contribution >= 4 is 16.8 Å². The fourth-order valence-corrected chi connectivity index (χ4v) is 7.58. The van der Waals surface area contributed by atoms with Crippen LogP contribution in [0.5, 0.6) is 23.0 Å². The summed E-state index contributed by atoms with van der Waals surface area (Å²) >= 11 is 0. The Bertz CT molecular complexity index is 1980. The molecule has 45 heavy (non-hydrogen) atoms. The van der Waals surface area contributed by atoms with Crippen molar-refractivity contribution in [3.8, 4) is 34.1 Å². The molecule has 7 rings (SSSR count). The van der Waals surface area contributed by atoms with Gasteiger partial charge in [0.15, 0.2) is 17.1 Å². The van der Waals surface area contributed by atoms with Crippen molar-refractivity contribution in [2.45, 2.75) is 37.7 Å². The van der Waals surface area contributed by atoms with Crippen LogP contribution in [0.1, 0.15) is 54.5 Å². The summed E-state index contributed by atoms with van der Waals surface area (Å²) in [6.07, 6.45) is 5.42. The van der Waals surface area contributed by atoms with Gasteiger partial charge in [-0.15, -0.1) is 0 Å². The molecule has 6 heteroatoms. The molecule has 2 aliphatic rings. The highest BCUT2D eigenvalue weighted by atomic mass is 19.1. The fourth-order valence-electron chi connectivity index (χ4n) is 7.58. The lowest BCUT2D eigenvalue weighted by Crippen LogP contribution is -2.35. The smallest absolute Gasteiger partial charge is 0.178 e. The lowest BCUT2D eigenvalue weighted by molar-refractivity contribution is 0.163. The molecule has 1 aliphatic heterocycles. The number of methoxy groups -OCH3 is 3. The zero-order valence-corrected chi connectivity index (χ0v) is 26.0. The third kappa shape index (κ3) is 4.01. The Labute approximate surface area is 261 Å². The van der Waals surface area contributed by atoms with Crippen LogP contribution in [0.4, 0.5) is 8.78 Å². The summed E-state index contributed by atoms with van der Waals surface area (Å²) in [6, 6.07) is 24.2. The van der Waals surface area contributed by atoms with E-state index in [0.717, 1.165) is 50.4 Å². The second kappa shape index (κ2) is 10.7. The molecule has 1 unspecified atom stereocenters. The zero-order chi connectivity index (χ0) is 31.5. The molecule has 0 spiro atoms. The Kier molecular flexibility index (Phi) is 6.84. The number of hydrogen-bond donors (Lipinski definition) is 0. The molecule has 4 nitrogen and oxygen atoms in total. The predicted molar refractivity (Wildman–Crippen MR) is 174 cm³/mol. The van der Waals surface area contributed by atoms with E-state index in [1.807, 2.05) is 54.6 Å². The lowest BCUT2D eigenvalue weighted by atomic mass is 9.71. The Morgan fingerprint density at radius 1 is 0.711 bits per heavy atom. The Morgan fingerprint density at radius 2 is 1.36 bits per heavy atom. The number of fused-ring (bicyclic) bond motifs is 8. The highest BCUT2D eigenvalue weighted by Crippen LogP contribution is 2.61. The maximum atomic E-state index is 16.0. The zero-order valence-electron chi connectivity index (χ0n) is 26.0. The summed E-state index contributed by atoms with van der Waals surface area (Å²) < 4.78 is 55.2. The average Bonchev–Trinajstić information content (AvgIpc) is 3.38. The molecule has 1 heterocycles. The Balaban J connectivity index is 1.63. The van der Waals surface area contributed by atoms with Crippen LogP contribution in [-0.4, -0.2) is 21.3 Å². The van der Waals surface area contributed by atoms with Gasteiger partial charge in [0, 0.05) is 39.1 Å². The van der Waals surface area contributed by atoms with E-state index in [1.54, 1.807) is 21.3 Å². The van der Waals surface area contributed by atoms with Crippen LogP contribution in [-0.2, 0) is 11.0 Å². The van der Waals surface area contributed by atoms with Crippen LogP contribution in [0.3, 0.4) is 0 Å². The first-order valence-electron chi connectivity index (χ1n) is 15.2. The van der Waals surface area contributed by atoms with Crippen LogP contribution >= 0.6 is 0 Å². The number of rotatable bonds is 7. The maximum absolute atomic E-state index is 16.0. The van der Waals surface area contributed by atoms with Crippen molar-refractivity contribution in [2.24, 2.45) is 0 Å². The van der Waals surface area contributed by atoms with Gasteiger partial charge in [-0.05, 0) is 71.3 Å². The molecule has 1 aliphatic carbocycles. The standard InChI is InChI=1S/C39H34F2O4/c1-6-38(7-2)35-30(19-25(40)20-31(35)41)34-28-21-32(43-4)33(44-5)22-29(28)37-27(36(34)38)17-18-39(45-37,23-11-9-8-10-12-23)24-13-15-26(42-3)16-14-24/h8-22H,6-7H2,1-5H3. The topological polar surface area (TPSA) is 36.9 Å². The van der Waals surface area contributed by atoms with Gasteiger partial charge >= 0.3 is 0 Å². The van der Waals surface area contributed by atoms with Gasteiger partial charge in [0.05, 0.1) is 21.3 Å². The van der Waals surface area contributed by atoms with E-state index in [4.69, 9.17) is 18.9 Å². The van der Waals surface area contributed by atoms with Crippen molar-refractivity contribution in [3.63, 3.8) is 0 Å². The summed E-state index contributed by atoms with van der Waals surface area (Å²) in [5, 5.41) is 1.54. The Morgan fingerprint density at radius 3 is 1.98 bits per heavy atom. The van der Waals surface area contributed by atoms with E-state index >= 15 is 4.39 Å². The van der Waals surface area contributed by atoms with Crippen LogP contribution < -0.4 is 18.9 Å². The van der Waals surface area contributed by atoms with Gasteiger partial charge in [0.1, 0.15) is 23.1 Å². The van der Waals surface area contributed by atoms with Gasteiger partial charge in [-0.1, -0.05) is 62.4 Å². The largest absolute Gasteiger partial charge is 0.497 e. The van der Waals surface area contributed by atoms with Crippen molar-refractivity contribution in [1.82, 2.24) is 0 Å². The second-order valence-corrected chi connectivity index (χ2v) is 11.6. The van der Waals surface area contributed by atoms with Gasteiger partial charge in [0.2, 0.25) is 0 Å². The van der Waals surface area contributed by atoms with Crippen molar-refractivity contribution in [2.75, 3.05) is 21.3 Å².